The summed E-state index contributed by atoms with van der Waals surface area (Å²) in [4.78, 5) is 31.4. The molecule has 0 bridgehead atoms. The Labute approximate surface area is 203 Å². The lowest BCUT2D eigenvalue weighted by Crippen LogP contribution is -2.35. The van der Waals surface area contributed by atoms with E-state index in [0.717, 1.165) is 60.4 Å². The van der Waals surface area contributed by atoms with E-state index >= 15 is 0 Å². The highest BCUT2D eigenvalue weighted by Gasteiger charge is 2.32. The lowest BCUT2D eigenvalue weighted by molar-refractivity contribution is -0.122. The molecule has 2 fully saturated rings. The number of carbonyl (C=O) groups excluding carboxylic acids is 1. The minimum absolute atomic E-state index is 0.0457. The molecule has 0 aliphatic carbocycles. The Morgan fingerprint density at radius 2 is 1.84 bits per heavy atom. The molecule has 170 valence electrons. The predicted molar refractivity (Wildman–Crippen MR) is 143 cm³/mol. The van der Waals surface area contributed by atoms with E-state index in [9.17, 15) is 9.59 Å². The largest absolute Gasteiger partial charge is 0.369 e. The maximum atomic E-state index is 13.7. The molecule has 1 aromatic heterocycles. The lowest BCUT2D eigenvalue weighted by Gasteiger charge is -2.31. The van der Waals surface area contributed by atoms with Gasteiger partial charge in [0.05, 0.1) is 21.7 Å². The number of amides is 1. The molecule has 8 heteroatoms. The van der Waals surface area contributed by atoms with Gasteiger partial charge in [0.25, 0.3) is 11.5 Å². The van der Waals surface area contributed by atoms with Crippen LogP contribution in [0.5, 0.6) is 0 Å². The van der Waals surface area contributed by atoms with Crippen molar-refractivity contribution in [2.45, 2.75) is 39.7 Å². The fourth-order valence-corrected chi connectivity index (χ4v) is 6.52. The van der Waals surface area contributed by atoms with Gasteiger partial charge in [-0.3, -0.25) is 14.5 Å². The van der Waals surface area contributed by atoms with Gasteiger partial charge in [0, 0.05) is 43.1 Å². The lowest BCUT2D eigenvalue weighted by atomic mass is 10.1. The van der Waals surface area contributed by atoms with Crippen molar-refractivity contribution in [1.82, 2.24) is 9.47 Å². The van der Waals surface area contributed by atoms with Gasteiger partial charge in [-0.25, -0.2) is 0 Å². The van der Waals surface area contributed by atoms with Crippen molar-refractivity contribution in [2.24, 2.45) is 0 Å². The summed E-state index contributed by atoms with van der Waals surface area (Å²) in [5, 5.41) is 1.06. The van der Waals surface area contributed by atoms with Crippen LogP contribution in [0.1, 0.15) is 38.7 Å². The van der Waals surface area contributed by atoms with Gasteiger partial charge < -0.3 is 9.47 Å². The van der Waals surface area contributed by atoms with E-state index in [4.69, 9.17) is 12.2 Å². The second kappa shape index (κ2) is 10.4. The molecule has 0 spiro atoms. The van der Waals surface area contributed by atoms with Gasteiger partial charge in [0.1, 0.15) is 4.32 Å². The zero-order valence-electron chi connectivity index (χ0n) is 18.6. The smallest absolute Gasteiger partial charge is 0.266 e. The second-order valence-corrected chi connectivity index (χ2v) is 10.9. The van der Waals surface area contributed by atoms with Crippen molar-refractivity contribution in [3.8, 4) is 0 Å². The molecule has 0 N–H and O–H groups in total. The van der Waals surface area contributed by atoms with E-state index in [-0.39, 0.29) is 11.5 Å². The summed E-state index contributed by atoms with van der Waals surface area (Å²) < 4.78 is 2.40. The first-order valence-electron chi connectivity index (χ1n) is 11.3. The Bertz CT molecular complexity index is 1120. The number of unbranched alkanes of at least 4 members (excludes halogenated alkanes) is 2. The summed E-state index contributed by atoms with van der Waals surface area (Å²) in [5.41, 5.74) is 2.45. The van der Waals surface area contributed by atoms with Gasteiger partial charge in [-0.2, -0.15) is 11.8 Å². The molecule has 32 heavy (non-hydrogen) atoms. The number of aromatic nitrogens is 1. The van der Waals surface area contributed by atoms with Crippen LogP contribution in [0.3, 0.4) is 0 Å². The number of pyridine rings is 1. The van der Waals surface area contributed by atoms with Crippen LogP contribution in [0.2, 0.25) is 0 Å². The van der Waals surface area contributed by atoms with Gasteiger partial charge in [-0.15, -0.1) is 0 Å². The minimum Gasteiger partial charge on any atom is -0.369 e. The van der Waals surface area contributed by atoms with Crippen molar-refractivity contribution in [2.75, 3.05) is 36.0 Å². The fraction of sp³-hybridized carbons (Fsp3) is 0.458. The SMILES string of the molecule is CCCCCN1C(=O)C(=Cc2c(N3CCSCC3)c3ccccc3n(CC)c2=O)SC1=S. The Hall–Kier alpha value is -1.77. The van der Waals surface area contributed by atoms with Crippen LogP contribution in [0.15, 0.2) is 34.0 Å². The van der Waals surface area contributed by atoms with E-state index in [1.807, 2.05) is 41.5 Å². The fourth-order valence-electron chi connectivity index (χ4n) is 4.33. The molecule has 1 aromatic carbocycles. The molecule has 3 heterocycles. The summed E-state index contributed by atoms with van der Waals surface area (Å²) in [6.45, 7) is 7.13. The molecule has 2 aliphatic rings. The molecular formula is C24H29N3O2S3. The molecule has 0 radical (unpaired) electrons. The molecule has 2 saturated heterocycles. The molecule has 0 atom stereocenters. The summed E-state index contributed by atoms with van der Waals surface area (Å²) in [6.07, 6.45) is 4.90. The van der Waals surface area contributed by atoms with Crippen LogP contribution >= 0.6 is 35.7 Å². The van der Waals surface area contributed by atoms with Gasteiger partial charge in [0.15, 0.2) is 0 Å². The summed E-state index contributed by atoms with van der Waals surface area (Å²) >= 11 is 8.76. The number of rotatable bonds is 7. The Balaban J connectivity index is 1.85. The van der Waals surface area contributed by atoms with Gasteiger partial charge in [-0.05, 0) is 25.5 Å². The number of benzene rings is 1. The third kappa shape index (κ3) is 4.50. The average molecular weight is 488 g/mol. The minimum atomic E-state index is -0.0770. The topological polar surface area (TPSA) is 45.6 Å². The number of hydrogen-bond acceptors (Lipinski definition) is 6. The summed E-state index contributed by atoms with van der Waals surface area (Å²) in [6, 6.07) is 8.10. The number of nitrogens with zero attached hydrogens (tertiary/aromatic N) is 3. The van der Waals surface area contributed by atoms with Crippen LogP contribution in [0, 0.1) is 0 Å². The molecular weight excluding hydrogens is 458 g/mol. The van der Waals surface area contributed by atoms with Crippen LogP contribution in [0.4, 0.5) is 5.69 Å². The van der Waals surface area contributed by atoms with E-state index < -0.39 is 0 Å². The number of thiocarbonyl (C=S) groups is 1. The van der Waals surface area contributed by atoms with Crippen molar-refractivity contribution in [1.29, 1.82) is 0 Å². The Kier molecular flexibility index (Phi) is 7.63. The molecule has 5 nitrogen and oxygen atoms in total. The van der Waals surface area contributed by atoms with Crippen molar-refractivity contribution >= 4 is 68.6 Å². The molecule has 4 rings (SSSR count). The predicted octanol–water partition coefficient (Wildman–Crippen LogP) is 4.97. The number of para-hydroxylation sites is 1. The summed E-state index contributed by atoms with van der Waals surface area (Å²) in [7, 11) is 0. The first-order valence-corrected chi connectivity index (χ1v) is 13.7. The number of aryl methyl sites for hydroxylation is 1. The number of hydrogen-bond donors (Lipinski definition) is 0. The molecule has 2 aromatic rings. The first kappa shape index (κ1) is 23.4. The van der Waals surface area contributed by atoms with Crippen LogP contribution in [-0.4, -0.2) is 50.8 Å². The third-order valence-electron chi connectivity index (χ3n) is 5.96. The van der Waals surface area contributed by atoms with E-state index in [1.165, 1.54) is 11.8 Å². The van der Waals surface area contributed by atoms with Crippen molar-refractivity contribution in [3.05, 3.63) is 45.1 Å². The highest BCUT2D eigenvalue weighted by molar-refractivity contribution is 8.26. The van der Waals surface area contributed by atoms with Crippen LogP contribution < -0.4 is 10.5 Å². The maximum Gasteiger partial charge on any atom is 0.266 e. The van der Waals surface area contributed by atoms with Crippen LogP contribution in [-0.2, 0) is 11.3 Å². The Morgan fingerprint density at radius 1 is 1.09 bits per heavy atom. The van der Waals surface area contributed by atoms with E-state index in [1.54, 1.807) is 11.0 Å². The quantitative estimate of drug-likeness (QED) is 0.312. The highest BCUT2D eigenvalue weighted by Crippen LogP contribution is 2.36. The molecule has 1 amide bonds. The van der Waals surface area contributed by atoms with Crippen LogP contribution in [0.25, 0.3) is 17.0 Å². The average Bonchev–Trinajstić information content (AvgIpc) is 3.08. The first-order chi connectivity index (χ1) is 15.6. The normalized spacial score (nSPS) is 18.4. The van der Waals surface area contributed by atoms with Crippen molar-refractivity contribution < 1.29 is 4.79 Å². The van der Waals surface area contributed by atoms with E-state index in [2.05, 4.69) is 17.9 Å². The molecule has 0 saturated carbocycles. The zero-order valence-corrected chi connectivity index (χ0v) is 21.1. The Morgan fingerprint density at radius 3 is 2.56 bits per heavy atom. The van der Waals surface area contributed by atoms with Gasteiger partial charge >= 0.3 is 0 Å². The number of carbonyl (C=O) groups is 1. The molecule has 0 unspecified atom stereocenters. The number of fused-ring (bicyclic) bond motifs is 1. The van der Waals surface area contributed by atoms with Crippen molar-refractivity contribution in [3.63, 3.8) is 0 Å². The van der Waals surface area contributed by atoms with Gasteiger partial charge in [0.2, 0.25) is 0 Å². The molecule has 2 aliphatic heterocycles. The highest BCUT2D eigenvalue weighted by atomic mass is 32.2. The summed E-state index contributed by atoms with van der Waals surface area (Å²) in [5.74, 6) is 1.99. The van der Waals surface area contributed by atoms with Gasteiger partial charge in [-0.1, -0.05) is 61.9 Å². The number of thioether (sulfide) groups is 2. The monoisotopic (exact) mass is 487 g/mol. The zero-order chi connectivity index (χ0) is 22.7. The third-order valence-corrected chi connectivity index (χ3v) is 8.28. The number of anilines is 1. The second-order valence-electron chi connectivity index (χ2n) is 7.97. The maximum absolute atomic E-state index is 13.7. The van der Waals surface area contributed by atoms with E-state index in [0.29, 0.717) is 27.9 Å². The standard InChI is InChI=1S/C24H29N3O2S3/c1-3-5-8-11-27-23(29)20(32-24(27)30)16-18-21(25-12-14-31-15-13-25)17-9-6-7-10-19(17)26(4-2)22(18)28/h6-7,9-10,16H,3-5,8,11-15H2,1-2H3.